The van der Waals surface area contributed by atoms with Gasteiger partial charge in [-0.2, -0.15) is 0 Å². The first kappa shape index (κ1) is 19.4. The van der Waals surface area contributed by atoms with Gasteiger partial charge in [0.05, 0.1) is 23.7 Å². The van der Waals surface area contributed by atoms with E-state index in [1.807, 2.05) is 16.8 Å². The molecule has 1 aliphatic heterocycles. The zero-order valence-electron chi connectivity index (χ0n) is 14.3. The third kappa shape index (κ3) is 5.83. The Morgan fingerprint density at radius 1 is 1.32 bits per heavy atom. The molecule has 0 unspecified atom stereocenters. The number of hydrogen-bond donors (Lipinski definition) is 1. The minimum atomic E-state index is 0.186. The van der Waals surface area contributed by atoms with Gasteiger partial charge in [0.15, 0.2) is 0 Å². The second-order valence-corrected chi connectivity index (χ2v) is 6.45. The third-order valence-electron chi connectivity index (χ3n) is 3.80. The number of likely N-dealkylation sites (tertiary alicyclic amines) is 1. The van der Waals surface area contributed by atoms with Gasteiger partial charge in [0.1, 0.15) is 5.75 Å². The molecule has 1 N–H and O–H groups in total. The molecule has 1 aromatic heterocycles. The SMILES string of the molecule is CN(CC(=O)N1CCCC1)c1ncc[nH]1.COc1ccc(Cl)c(Cl)c1. The Bertz CT molecular complexity index is 673. The number of methoxy groups -OCH3 is 1. The summed E-state index contributed by atoms with van der Waals surface area (Å²) in [4.78, 5) is 22.6. The van der Waals surface area contributed by atoms with Gasteiger partial charge >= 0.3 is 0 Å². The minimum absolute atomic E-state index is 0.186. The van der Waals surface area contributed by atoms with E-state index in [2.05, 4.69) is 9.97 Å². The summed E-state index contributed by atoms with van der Waals surface area (Å²) in [5.41, 5.74) is 0. The molecule has 6 nitrogen and oxygen atoms in total. The Morgan fingerprint density at radius 2 is 2.04 bits per heavy atom. The molecule has 1 fully saturated rings. The Labute approximate surface area is 157 Å². The highest BCUT2D eigenvalue weighted by Gasteiger charge is 2.19. The molecule has 1 amide bonds. The van der Waals surface area contributed by atoms with Gasteiger partial charge in [-0.15, -0.1) is 0 Å². The van der Waals surface area contributed by atoms with E-state index >= 15 is 0 Å². The molecule has 0 aliphatic carbocycles. The molecule has 0 atom stereocenters. The molecule has 8 heteroatoms. The minimum Gasteiger partial charge on any atom is -0.497 e. The van der Waals surface area contributed by atoms with Crippen LogP contribution >= 0.6 is 23.2 Å². The van der Waals surface area contributed by atoms with Crippen molar-refractivity contribution in [3.63, 3.8) is 0 Å². The summed E-state index contributed by atoms with van der Waals surface area (Å²) in [6.45, 7) is 2.21. The number of benzene rings is 1. The monoisotopic (exact) mass is 384 g/mol. The van der Waals surface area contributed by atoms with Gasteiger partial charge in [-0.05, 0) is 25.0 Å². The van der Waals surface area contributed by atoms with Gasteiger partial charge in [0.2, 0.25) is 11.9 Å². The molecule has 3 rings (SSSR count). The van der Waals surface area contributed by atoms with Gasteiger partial charge in [-0.1, -0.05) is 23.2 Å². The van der Waals surface area contributed by atoms with Crippen LogP contribution in [0.1, 0.15) is 12.8 Å². The van der Waals surface area contributed by atoms with Crippen LogP contribution in [0.15, 0.2) is 30.6 Å². The number of H-pyrrole nitrogens is 1. The highest BCUT2D eigenvalue weighted by Crippen LogP contribution is 2.25. The van der Waals surface area contributed by atoms with Gasteiger partial charge in [0.25, 0.3) is 0 Å². The molecule has 1 aliphatic rings. The van der Waals surface area contributed by atoms with Crippen LogP contribution in [0.25, 0.3) is 0 Å². The van der Waals surface area contributed by atoms with E-state index in [0.29, 0.717) is 16.6 Å². The molecule has 0 spiro atoms. The average molecular weight is 385 g/mol. The summed E-state index contributed by atoms with van der Waals surface area (Å²) >= 11 is 11.3. The van der Waals surface area contributed by atoms with E-state index in [1.165, 1.54) is 0 Å². The van der Waals surface area contributed by atoms with Crippen LogP contribution in [0.4, 0.5) is 5.95 Å². The number of likely N-dealkylation sites (N-methyl/N-ethyl adjacent to an activating group) is 1. The van der Waals surface area contributed by atoms with Crippen LogP contribution < -0.4 is 9.64 Å². The lowest BCUT2D eigenvalue weighted by atomic mass is 10.3. The highest BCUT2D eigenvalue weighted by molar-refractivity contribution is 6.42. The molecule has 0 radical (unpaired) electrons. The number of rotatable bonds is 4. The van der Waals surface area contributed by atoms with Crippen molar-refractivity contribution in [2.75, 3.05) is 38.7 Å². The molecule has 1 saturated heterocycles. The van der Waals surface area contributed by atoms with E-state index in [9.17, 15) is 4.79 Å². The first-order valence-corrected chi connectivity index (χ1v) is 8.74. The van der Waals surface area contributed by atoms with Crippen molar-refractivity contribution >= 4 is 35.1 Å². The number of carbonyl (C=O) groups excluding carboxylic acids is 1. The van der Waals surface area contributed by atoms with Crippen molar-refractivity contribution in [3.8, 4) is 5.75 Å². The Morgan fingerprint density at radius 3 is 2.60 bits per heavy atom. The maximum atomic E-state index is 11.8. The van der Waals surface area contributed by atoms with Crippen molar-refractivity contribution in [2.45, 2.75) is 12.8 Å². The van der Waals surface area contributed by atoms with Crippen LogP contribution in [0.3, 0.4) is 0 Å². The van der Waals surface area contributed by atoms with E-state index in [0.717, 1.165) is 37.6 Å². The maximum Gasteiger partial charge on any atom is 0.242 e. The molecule has 1 aromatic carbocycles. The summed E-state index contributed by atoms with van der Waals surface area (Å²) in [6, 6.07) is 5.13. The fourth-order valence-corrected chi connectivity index (χ4v) is 2.70. The number of aromatic nitrogens is 2. The van der Waals surface area contributed by atoms with Crippen LogP contribution in [-0.4, -0.2) is 54.6 Å². The van der Waals surface area contributed by atoms with E-state index in [-0.39, 0.29) is 5.91 Å². The average Bonchev–Trinajstić information content (AvgIpc) is 3.31. The third-order valence-corrected chi connectivity index (χ3v) is 4.54. The fourth-order valence-electron chi connectivity index (χ4n) is 2.41. The highest BCUT2D eigenvalue weighted by atomic mass is 35.5. The van der Waals surface area contributed by atoms with Crippen LogP contribution in [0, 0.1) is 0 Å². The van der Waals surface area contributed by atoms with E-state index < -0.39 is 0 Å². The normalized spacial score (nSPS) is 13.2. The van der Waals surface area contributed by atoms with Crippen molar-refractivity contribution in [2.24, 2.45) is 0 Å². The van der Waals surface area contributed by atoms with Gasteiger partial charge in [0, 0.05) is 38.6 Å². The number of anilines is 1. The first-order valence-electron chi connectivity index (χ1n) is 7.98. The lowest BCUT2D eigenvalue weighted by Crippen LogP contribution is -2.37. The largest absolute Gasteiger partial charge is 0.497 e. The van der Waals surface area contributed by atoms with Crippen molar-refractivity contribution < 1.29 is 9.53 Å². The van der Waals surface area contributed by atoms with E-state index in [4.69, 9.17) is 27.9 Å². The second kappa shape index (κ2) is 9.53. The maximum absolute atomic E-state index is 11.8. The van der Waals surface area contributed by atoms with Crippen molar-refractivity contribution in [1.82, 2.24) is 14.9 Å². The number of nitrogens with one attached hydrogen (secondary N) is 1. The Hall–Kier alpha value is -1.92. The van der Waals surface area contributed by atoms with Crippen LogP contribution in [0.5, 0.6) is 5.75 Å². The molecule has 2 aromatic rings. The predicted molar refractivity (Wildman–Crippen MR) is 101 cm³/mol. The Kier molecular flexibility index (Phi) is 7.40. The quantitative estimate of drug-likeness (QED) is 0.876. The predicted octanol–water partition coefficient (Wildman–Crippen LogP) is 3.47. The molecular weight excluding hydrogens is 363 g/mol. The standard InChI is InChI=1S/C10H16N4O.C7H6Cl2O/c1-13(10-11-4-5-12-10)8-9(15)14-6-2-3-7-14;1-10-5-2-3-6(8)7(9)4-5/h4-5H,2-3,6-8H2,1H3,(H,11,12);2-4H,1H3. The number of aromatic amines is 1. The summed E-state index contributed by atoms with van der Waals surface area (Å²) in [5, 5.41) is 1.06. The smallest absolute Gasteiger partial charge is 0.242 e. The number of halogens is 2. The number of carbonyl (C=O) groups is 1. The van der Waals surface area contributed by atoms with Crippen molar-refractivity contribution in [1.29, 1.82) is 0 Å². The number of nitrogens with zero attached hydrogens (tertiary/aromatic N) is 3. The van der Waals surface area contributed by atoms with Crippen LogP contribution in [-0.2, 0) is 4.79 Å². The zero-order valence-corrected chi connectivity index (χ0v) is 15.8. The second-order valence-electron chi connectivity index (χ2n) is 5.64. The number of imidazole rings is 1. The summed E-state index contributed by atoms with van der Waals surface area (Å²) in [7, 11) is 3.45. The molecule has 0 saturated carbocycles. The zero-order chi connectivity index (χ0) is 18.2. The van der Waals surface area contributed by atoms with Crippen molar-refractivity contribution in [3.05, 3.63) is 40.6 Å². The Balaban J connectivity index is 0.000000196. The molecule has 136 valence electrons. The lowest BCUT2D eigenvalue weighted by Gasteiger charge is -2.20. The summed E-state index contributed by atoms with van der Waals surface area (Å²) in [5.74, 6) is 1.64. The number of amides is 1. The van der Waals surface area contributed by atoms with E-state index in [1.54, 1.807) is 37.7 Å². The lowest BCUT2D eigenvalue weighted by molar-refractivity contribution is -0.128. The van der Waals surface area contributed by atoms with Gasteiger partial charge in [-0.3, -0.25) is 4.79 Å². The summed E-state index contributed by atoms with van der Waals surface area (Å²) < 4.78 is 4.91. The molecule has 25 heavy (non-hydrogen) atoms. The number of ether oxygens (including phenoxy) is 1. The molecule has 0 bridgehead atoms. The fraction of sp³-hybridized carbons (Fsp3) is 0.412. The number of hydrogen-bond acceptors (Lipinski definition) is 4. The summed E-state index contributed by atoms with van der Waals surface area (Å²) in [6.07, 6.45) is 5.71. The molecule has 2 heterocycles. The van der Waals surface area contributed by atoms with Gasteiger partial charge in [-0.25, -0.2) is 4.98 Å². The van der Waals surface area contributed by atoms with Crippen LogP contribution in [0.2, 0.25) is 10.0 Å². The van der Waals surface area contributed by atoms with Gasteiger partial charge < -0.3 is 19.5 Å². The topological polar surface area (TPSA) is 61.5 Å². The molecular formula is C17H22Cl2N4O2. The first-order chi connectivity index (χ1) is 12.0.